The van der Waals surface area contributed by atoms with Crippen molar-refractivity contribution in [1.82, 2.24) is 0 Å². The van der Waals surface area contributed by atoms with Crippen molar-refractivity contribution in [3.63, 3.8) is 0 Å². The van der Waals surface area contributed by atoms with Gasteiger partial charge in [-0.2, -0.15) is 0 Å². The molecule has 0 spiro atoms. The standard InChI is InChI=1S/C14H19ClN2O2/c1-9-7-14(2,3)8-12(9)16-11-5-4-10(15)6-13(11)17(18)19/h4-6,9,12,16H,7-8H2,1-3H3. The van der Waals surface area contributed by atoms with Crippen molar-refractivity contribution in [1.29, 1.82) is 0 Å². The van der Waals surface area contributed by atoms with E-state index in [0.717, 1.165) is 12.8 Å². The van der Waals surface area contributed by atoms with Crippen LogP contribution in [0.25, 0.3) is 0 Å². The van der Waals surface area contributed by atoms with Gasteiger partial charge in [-0.15, -0.1) is 0 Å². The minimum Gasteiger partial charge on any atom is -0.376 e. The Bertz CT molecular complexity index is 502. The molecule has 2 unspecified atom stereocenters. The number of nitrogens with one attached hydrogen (secondary N) is 1. The number of nitrogens with zero attached hydrogens (tertiary/aromatic N) is 1. The third-order valence-corrected chi connectivity index (χ3v) is 4.07. The summed E-state index contributed by atoms with van der Waals surface area (Å²) in [6.07, 6.45) is 2.15. The van der Waals surface area contributed by atoms with E-state index in [-0.39, 0.29) is 22.1 Å². The highest BCUT2D eigenvalue weighted by Gasteiger charge is 2.37. The Kier molecular flexibility index (Phi) is 3.72. The molecule has 1 aliphatic carbocycles. The normalized spacial score (nSPS) is 25.3. The average Bonchev–Trinajstić information content (AvgIpc) is 2.54. The maximum absolute atomic E-state index is 11.1. The predicted molar refractivity (Wildman–Crippen MR) is 77.7 cm³/mol. The molecule has 0 aliphatic heterocycles. The molecule has 0 radical (unpaired) electrons. The molecule has 0 amide bonds. The quantitative estimate of drug-likeness (QED) is 0.657. The van der Waals surface area contributed by atoms with Crippen LogP contribution in [0.3, 0.4) is 0 Å². The molecular formula is C14H19ClN2O2. The second-order valence-electron chi connectivity index (χ2n) is 6.22. The van der Waals surface area contributed by atoms with E-state index in [4.69, 9.17) is 11.6 Å². The molecule has 1 aromatic carbocycles. The highest BCUT2D eigenvalue weighted by Crippen LogP contribution is 2.43. The largest absolute Gasteiger partial charge is 0.376 e. The van der Waals surface area contributed by atoms with Crippen LogP contribution in [0.5, 0.6) is 0 Å². The zero-order chi connectivity index (χ0) is 14.2. The first-order valence-electron chi connectivity index (χ1n) is 6.49. The summed E-state index contributed by atoms with van der Waals surface area (Å²) >= 11 is 5.82. The van der Waals surface area contributed by atoms with Gasteiger partial charge in [-0.1, -0.05) is 32.4 Å². The molecule has 1 fully saturated rings. The van der Waals surface area contributed by atoms with Crippen LogP contribution < -0.4 is 5.32 Å². The maximum Gasteiger partial charge on any atom is 0.293 e. The number of nitro groups is 1. The van der Waals surface area contributed by atoms with Crippen molar-refractivity contribution in [2.45, 2.75) is 39.7 Å². The van der Waals surface area contributed by atoms with Crippen LogP contribution in [0, 0.1) is 21.4 Å². The molecule has 1 aliphatic rings. The number of nitro benzene ring substituents is 1. The summed E-state index contributed by atoms with van der Waals surface area (Å²) in [7, 11) is 0. The summed E-state index contributed by atoms with van der Waals surface area (Å²) in [4.78, 5) is 10.7. The van der Waals surface area contributed by atoms with Gasteiger partial charge in [-0.3, -0.25) is 10.1 Å². The maximum atomic E-state index is 11.1. The predicted octanol–water partition coefficient (Wildman–Crippen LogP) is 4.48. The third-order valence-electron chi connectivity index (χ3n) is 3.83. The van der Waals surface area contributed by atoms with Crippen molar-refractivity contribution in [2.75, 3.05) is 5.32 Å². The number of hydrogen-bond donors (Lipinski definition) is 1. The fourth-order valence-electron chi connectivity index (χ4n) is 3.06. The Hall–Kier alpha value is -1.29. The third kappa shape index (κ3) is 3.18. The molecule has 4 nitrogen and oxygen atoms in total. The van der Waals surface area contributed by atoms with E-state index in [0.29, 0.717) is 16.6 Å². The molecule has 1 saturated carbocycles. The van der Waals surface area contributed by atoms with Gasteiger partial charge >= 0.3 is 0 Å². The Labute approximate surface area is 118 Å². The van der Waals surface area contributed by atoms with Gasteiger partial charge in [-0.05, 0) is 36.3 Å². The molecule has 0 bridgehead atoms. The first-order chi connectivity index (χ1) is 8.78. The minimum absolute atomic E-state index is 0.0457. The van der Waals surface area contributed by atoms with Crippen LogP contribution >= 0.6 is 11.6 Å². The number of benzene rings is 1. The van der Waals surface area contributed by atoms with Crippen LogP contribution in [0.15, 0.2) is 18.2 Å². The Morgan fingerprint density at radius 2 is 2.11 bits per heavy atom. The highest BCUT2D eigenvalue weighted by atomic mass is 35.5. The van der Waals surface area contributed by atoms with Crippen LogP contribution in [0.4, 0.5) is 11.4 Å². The van der Waals surface area contributed by atoms with Gasteiger partial charge in [0, 0.05) is 17.1 Å². The zero-order valence-electron chi connectivity index (χ0n) is 11.4. The Morgan fingerprint density at radius 3 is 2.63 bits per heavy atom. The minimum atomic E-state index is -0.390. The lowest BCUT2D eigenvalue weighted by molar-refractivity contribution is -0.384. The molecule has 0 heterocycles. The fourth-order valence-corrected chi connectivity index (χ4v) is 3.23. The lowest BCUT2D eigenvalue weighted by Crippen LogP contribution is -2.23. The van der Waals surface area contributed by atoms with Crippen LogP contribution in [-0.2, 0) is 0 Å². The smallest absolute Gasteiger partial charge is 0.293 e. The van der Waals surface area contributed by atoms with E-state index >= 15 is 0 Å². The molecule has 1 N–H and O–H groups in total. The molecule has 19 heavy (non-hydrogen) atoms. The monoisotopic (exact) mass is 282 g/mol. The van der Waals surface area contributed by atoms with Crippen molar-refractivity contribution < 1.29 is 4.92 Å². The average molecular weight is 283 g/mol. The molecule has 0 saturated heterocycles. The molecule has 5 heteroatoms. The highest BCUT2D eigenvalue weighted by molar-refractivity contribution is 6.30. The first kappa shape index (κ1) is 14.1. The van der Waals surface area contributed by atoms with E-state index < -0.39 is 0 Å². The van der Waals surface area contributed by atoms with Gasteiger partial charge in [0.25, 0.3) is 5.69 Å². The topological polar surface area (TPSA) is 55.2 Å². The van der Waals surface area contributed by atoms with Gasteiger partial charge in [-0.25, -0.2) is 0 Å². The van der Waals surface area contributed by atoms with Crippen molar-refractivity contribution >= 4 is 23.0 Å². The summed E-state index contributed by atoms with van der Waals surface area (Å²) in [6, 6.07) is 5.05. The van der Waals surface area contributed by atoms with Crippen LogP contribution in [-0.4, -0.2) is 11.0 Å². The van der Waals surface area contributed by atoms with E-state index in [9.17, 15) is 10.1 Å². The summed E-state index contributed by atoms with van der Waals surface area (Å²) in [5.74, 6) is 0.505. The molecule has 2 rings (SSSR count). The fraction of sp³-hybridized carbons (Fsp3) is 0.571. The molecular weight excluding hydrogens is 264 g/mol. The second kappa shape index (κ2) is 5.00. The summed E-state index contributed by atoms with van der Waals surface area (Å²) < 4.78 is 0. The number of halogens is 1. The van der Waals surface area contributed by atoms with E-state index in [1.165, 1.54) is 6.07 Å². The van der Waals surface area contributed by atoms with Crippen molar-refractivity contribution in [3.8, 4) is 0 Å². The molecule has 1 aromatic rings. The van der Waals surface area contributed by atoms with Crippen molar-refractivity contribution in [2.24, 2.45) is 11.3 Å². The van der Waals surface area contributed by atoms with Gasteiger partial charge in [0.05, 0.1) is 4.92 Å². The SMILES string of the molecule is CC1CC(C)(C)CC1Nc1ccc(Cl)cc1[N+](=O)[O-]. The summed E-state index contributed by atoms with van der Waals surface area (Å²) in [6.45, 7) is 6.66. The first-order valence-corrected chi connectivity index (χ1v) is 6.87. The van der Waals surface area contributed by atoms with Gasteiger partial charge in [0.1, 0.15) is 5.69 Å². The van der Waals surface area contributed by atoms with Crippen LogP contribution in [0.1, 0.15) is 33.6 Å². The second-order valence-corrected chi connectivity index (χ2v) is 6.66. The van der Waals surface area contributed by atoms with Gasteiger partial charge < -0.3 is 5.32 Å². The lowest BCUT2D eigenvalue weighted by Gasteiger charge is -2.19. The molecule has 0 aromatic heterocycles. The van der Waals surface area contributed by atoms with Crippen LogP contribution in [0.2, 0.25) is 5.02 Å². The number of hydrogen-bond acceptors (Lipinski definition) is 3. The Morgan fingerprint density at radius 1 is 1.42 bits per heavy atom. The Balaban J connectivity index is 2.22. The molecule has 2 atom stereocenters. The van der Waals surface area contributed by atoms with E-state index in [2.05, 4.69) is 26.1 Å². The zero-order valence-corrected chi connectivity index (χ0v) is 12.2. The van der Waals surface area contributed by atoms with E-state index in [1.807, 2.05) is 0 Å². The van der Waals surface area contributed by atoms with Crippen molar-refractivity contribution in [3.05, 3.63) is 33.3 Å². The summed E-state index contributed by atoms with van der Waals surface area (Å²) in [5, 5.41) is 14.8. The van der Waals surface area contributed by atoms with Gasteiger partial charge in [0.15, 0.2) is 0 Å². The van der Waals surface area contributed by atoms with E-state index in [1.54, 1.807) is 12.1 Å². The van der Waals surface area contributed by atoms with Gasteiger partial charge in [0.2, 0.25) is 0 Å². The number of rotatable bonds is 3. The summed E-state index contributed by atoms with van der Waals surface area (Å²) in [5.41, 5.74) is 0.895. The molecule has 104 valence electrons. The lowest BCUT2D eigenvalue weighted by atomic mass is 9.91. The number of anilines is 1.